The summed E-state index contributed by atoms with van der Waals surface area (Å²) in [6.45, 7) is 6.90. The largest absolute Gasteiger partial charge is 0.356 e. The van der Waals surface area contributed by atoms with Crippen LogP contribution in [0.15, 0.2) is 0 Å². The third kappa shape index (κ3) is 10.4. The maximum Gasteiger partial charge on any atom is 0.221 e. The van der Waals surface area contributed by atoms with Crippen molar-refractivity contribution in [3.8, 4) is 0 Å². The lowest BCUT2D eigenvalue weighted by Crippen LogP contribution is -2.38. The summed E-state index contributed by atoms with van der Waals surface area (Å²) in [6.07, 6.45) is 5.34. The van der Waals surface area contributed by atoms with Crippen LogP contribution in [0.5, 0.6) is 0 Å². The first kappa shape index (κ1) is 24.1. The number of ketones is 1. The molecule has 1 rings (SSSR count). The van der Waals surface area contributed by atoms with Crippen LogP contribution in [-0.2, 0) is 19.2 Å². The van der Waals surface area contributed by atoms with Crippen LogP contribution in [0.25, 0.3) is 0 Å². The number of nitrogens with one attached hydrogen (secondary N) is 3. The highest BCUT2D eigenvalue weighted by atomic mass is 16.2. The molecule has 0 aromatic heterocycles. The zero-order valence-electron chi connectivity index (χ0n) is 17.6. The zero-order valence-corrected chi connectivity index (χ0v) is 17.6. The molecule has 1 saturated carbocycles. The monoisotopic (exact) mass is 401 g/mol. The molecular formula is C21H43N3O4. The van der Waals surface area contributed by atoms with Gasteiger partial charge in [0, 0.05) is 55.0 Å². The lowest BCUT2D eigenvalue weighted by molar-refractivity contribution is -0.124. The second-order valence-electron chi connectivity index (χ2n) is 8.09. The minimum Gasteiger partial charge on any atom is -0.356 e. The van der Waals surface area contributed by atoms with Crippen LogP contribution in [0.2, 0.25) is 0 Å². The van der Waals surface area contributed by atoms with Gasteiger partial charge >= 0.3 is 0 Å². The average molecular weight is 402 g/mol. The Bertz CT molecular complexity index is 540. The summed E-state index contributed by atoms with van der Waals surface area (Å²) >= 11 is 0. The maximum atomic E-state index is 12.0. The smallest absolute Gasteiger partial charge is 0.221 e. The third-order valence-electron chi connectivity index (χ3n) is 5.09. The van der Waals surface area contributed by atoms with Crippen molar-refractivity contribution < 1.29 is 23.5 Å². The number of Topliss-reactive ketones (excluding diaryl/α,β-unsaturated/α-hetero) is 1. The summed E-state index contributed by atoms with van der Waals surface area (Å²) in [6, 6.07) is 0.145. The van der Waals surface area contributed by atoms with E-state index in [4.69, 9.17) is 0 Å². The van der Waals surface area contributed by atoms with Crippen LogP contribution in [0.4, 0.5) is 0 Å². The summed E-state index contributed by atoms with van der Waals surface area (Å²) in [5.74, 6) is 0.652. The van der Waals surface area contributed by atoms with Crippen molar-refractivity contribution in [1.29, 1.82) is 0 Å². The predicted molar refractivity (Wildman–Crippen MR) is 115 cm³/mol. The van der Waals surface area contributed by atoms with Gasteiger partial charge in [-0.25, -0.2) is 0 Å². The fourth-order valence-corrected chi connectivity index (χ4v) is 3.37. The number of hydrogen-bond donors (Lipinski definition) is 3. The summed E-state index contributed by atoms with van der Waals surface area (Å²) in [7, 11) is 0. The van der Waals surface area contributed by atoms with Crippen LogP contribution in [0.1, 0.15) is 82.8 Å². The van der Waals surface area contributed by atoms with Gasteiger partial charge in [0.25, 0.3) is 0 Å². The van der Waals surface area contributed by atoms with Gasteiger partial charge in [-0.15, -0.1) is 0 Å². The van der Waals surface area contributed by atoms with Gasteiger partial charge in [-0.1, -0.05) is 20.8 Å². The lowest BCUT2D eigenvalue weighted by Gasteiger charge is -2.28. The van der Waals surface area contributed by atoms with Gasteiger partial charge in [0.1, 0.15) is 5.78 Å². The molecule has 3 amide bonds. The molecule has 0 radical (unpaired) electrons. The van der Waals surface area contributed by atoms with Crippen molar-refractivity contribution in [3.63, 3.8) is 0 Å². The molecule has 0 unspecified atom stereocenters. The minimum absolute atomic E-state index is 0. The Morgan fingerprint density at radius 1 is 0.893 bits per heavy atom. The Morgan fingerprint density at radius 2 is 1.50 bits per heavy atom. The Balaban J connectivity index is -0.00000261. The normalized spacial score (nSPS) is 19.1. The van der Waals surface area contributed by atoms with Gasteiger partial charge in [-0.2, -0.15) is 0 Å². The van der Waals surface area contributed by atoms with Crippen molar-refractivity contribution in [2.45, 2.75) is 84.6 Å². The fraction of sp³-hybridized carbons (Fsp3) is 0.810. The van der Waals surface area contributed by atoms with Gasteiger partial charge in [0.15, 0.2) is 0 Å². The molecule has 0 saturated heterocycles. The molecule has 28 heavy (non-hydrogen) atoms. The second kappa shape index (κ2) is 13.3. The zero-order chi connectivity index (χ0) is 20.9. The van der Waals surface area contributed by atoms with E-state index in [0.717, 1.165) is 25.7 Å². The predicted octanol–water partition coefficient (Wildman–Crippen LogP) is 2.83. The Kier molecular flexibility index (Phi) is 11.4. The third-order valence-corrected chi connectivity index (χ3v) is 5.09. The van der Waals surface area contributed by atoms with E-state index in [-0.39, 0.29) is 46.8 Å². The van der Waals surface area contributed by atoms with Gasteiger partial charge in [-0.3, -0.25) is 19.2 Å². The Hall–Kier alpha value is -1.92. The Labute approximate surface area is 173 Å². The molecule has 166 valence electrons. The summed E-state index contributed by atoms with van der Waals surface area (Å²) in [5.41, 5.74) is 0. The van der Waals surface area contributed by atoms with E-state index in [0.29, 0.717) is 44.1 Å². The van der Waals surface area contributed by atoms with Gasteiger partial charge < -0.3 is 16.0 Å². The molecule has 0 spiro atoms. The number of carbonyl (C=O) groups excluding carboxylic acids is 4. The highest BCUT2D eigenvalue weighted by Gasteiger charge is 2.25. The minimum atomic E-state index is -0.136. The van der Waals surface area contributed by atoms with Crippen LogP contribution < -0.4 is 16.0 Å². The second-order valence-corrected chi connectivity index (χ2v) is 8.09. The first-order valence-electron chi connectivity index (χ1n) is 10.7. The molecule has 0 heterocycles. The fourth-order valence-electron chi connectivity index (χ4n) is 3.37. The van der Waals surface area contributed by atoms with E-state index in [2.05, 4.69) is 16.0 Å². The molecule has 0 bridgehead atoms. The van der Waals surface area contributed by atoms with E-state index in [1.54, 1.807) is 0 Å². The van der Waals surface area contributed by atoms with Crippen LogP contribution in [0.3, 0.4) is 0 Å². The van der Waals surface area contributed by atoms with Crippen molar-refractivity contribution >= 4 is 23.5 Å². The first-order chi connectivity index (χ1) is 13.3. The molecule has 7 heteroatoms. The molecule has 1 aliphatic rings. The summed E-state index contributed by atoms with van der Waals surface area (Å²) in [5, 5.41) is 8.53. The highest BCUT2D eigenvalue weighted by molar-refractivity contribution is 5.81. The summed E-state index contributed by atoms with van der Waals surface area (Å²) in [4.78, 5) is 47.1. The van der Waals surface area contributed by atoms with E-state index in [1.165, 1.54) is 0 Å². The quantitative estimate of drug-likeness (QED) is 0.468. The van der Waals surface area contributed by atoms with E-state index in [1.807, 2.05) is 20.8 Å². The Morgan fingerprint density at radius 3 is 2.11 bits per heavy atom. The number of amides is 3. The van der Waals surface area contributed by atoms with E-state index in [9.17, 15) is 19.2 Å². The topological polar surface area (TPSA) is 104 Å². The molecule has 1 aliphatic carbocycles. The average Bonchev–Trinajstić information content (AvgIpc) is 2.66. The van der Waals surface area contributed by atoms with E-state index >= 15 is 0 Å². The SMILES string of the molecule is CCC(=O)C1CCC(NC(=O)CCCC(=O)NCCC(=O)NCC(C)C)CC1.[HH].[HH].[HH]. The molecule has 7 nitrogen and oxygen atoms in total. The molecule has 0 aliphatic heterocycles. The number of rotatable bonds is 12. The molecule has 0 aromatic rings. The van der Waals surface area contributed by atoms with Gasteiger partial charge in [-0.05, 0) is 38.0 Å². The van der Waals surface area contributed by atoms with Crippen molar-refractivity contribution in [3.05, 3.63) is 0 Å². The molecule has 1 fully saturated rings. The highest BCUT2D eigenvalue weighted by Crippen LogP contribution is 2.25. The standard InChI is InChI=1S/C21H37N3O4.3H2/c1-4-18(25)16-8-10-17(11-9-16)24-21(28)7-5-6-19(26)22-13-12-20(27)23-14-15(2)3;;;/h15-17H,4-14H2,1-3H3,(H,22,26)(H,23,27)(H,24,28);3*1H. The maximum absolute atomic E-state index is 12.0. The van der Waals surface area contributed by atoms with Crippen LogP contribution in [0, 0.1) is 11.8 Å². The van der Waals surface area contributed by atoms with Crippen molar-refractivity contribution in [2.24, 2.45) is 11.8 Å². The molecular weight excluding hydrogens is 358 g/mol. The van der Waals surface area contributed by atoms with Gasteiger partial charge in [0.2, 0.25) is 17.7 Å². The molecule has 0 aromatic carbocycles. The van der Waals surface area contributed by atoms with Gasteiger partial charge in [0.05, 0.1) is 0 Å². The first-order valence-corrected chi connectivity index (χ1v) is 10.7. The van der Waals surface area contributed by atoms with E-state index < -0.39 is 0 Å². The number of hydrogen-bond acceptors (Lipinski definition) is 4. The van der Waals surface area contributed by atoms with Crippen molar-refractivity contribution in [2.75, 3.05) is 13.1 Å². The van der Waals surface area contributed by atoms with Crippen LogP contribution >= 0.6 is 0 Å². The van der Waals surface area contributed by atoms with Crippen molar-refractivity contribution in [1.82, 2.24) is 16.0 Å². The molecule has 3 N–H and O–H groups in total. The number of carbonyl (C=O) groups is 4. The van der Waals surface area contributed by atoms with Crippen LogP contribution in [-0.4, -0.2) is 42.6 Å². The summed E-state index contributed by atoms with van der Waals surface area (Å²) < 4.78 is 0. The lowest BCUT2D eigenvalue weighted by atomic mass is 9.83. The molecule has 0 atom stereocenters.